The maximum Gasteiger partial charge on any atom is 0.391 e. The number of amides is 2. The van der Waals surface area contributed by atoms with Crippen molar-refractivity contribution in [3.05, 3.63) is 35.4 Å². The quantitative estimate of drug-likeness (QED) is 0.829. The molecule has 0 radical (unpaired) electrons. The summed E-state index contributed by atoms with van der Waals surface area (Å²) in [6.45, 7) is 4.34. The van der Waals surface area contributed by atoms with Gasteiger partial charge in [0.05, 0.1) is 5.92 Å². The molecule has 0 saturated heterocycles. The maximum absolute atomic E-state index is 12.9. The van der Waals surface area contributed by atoms with Crippen LogP contribution in [0.3, 0.4) is 0 Å². The highest BCUT2D eigenvalue weighted by atomic mass is 19.4. The second-order valence-corrected chi connectivity index (χ2v) is 7.79. The van der Waals surface area contributed by atoms with Crippen molar-refractivity contribution < 1.29 is 18.0 Å². The van der Waals surface area contributed by atoms with Crippen molar-refractivity contribution in [1.82, 2.24) is 15.5 Å². The number of benzene rings is 1. The number of urea groups is 1. The summed E-state index contributed by atoms with van der Waals surface area (Å²) >= 11 is 0. The number of hydrogen-bond donors (Lipinski definition) is 2. The first-order valence-corrected chi connectivity index (χ1v) is 9.75. The van der Waals surface area contributed by atoms with E-state index in [1.807, 2.05) is 6.07 Å². The monoisotopic (exact) mass is 383 g/mol. The Hall–Kier alpha value is -1.76. The molecule has 1 fully saturated rings. The minimum atomic E-state index is -4.17. The summed E-state index contributed by atoms with van der Waals surface area (Å²) in [6, 6.07) is 7.78. The predicted molar refractivity (Wildman–Crippen MR) is 98.4 cm³/mol. The average molecular weight is 383 g/mol. The molecule has 2 aliphatic rings. The van der Waals surface area contributed by atoms with E-state index in [0.29, 0.717) is 19.4 Å². The molecule has 1 heterocycles. The molecular weight excluding hydrogens is 355 g/mol. The lowest BCUT2D eigenvalue weighted by molar-refractivity contribution is -0.183. The molecule has 3 rings (SSSR count). The van der Waals surface area contributed by atoms with Crippen LogP contribution in [0.25, 0.3) is 0 Å². The van der Waals surface area contributed by atoms with Gasteiger partial charge in [0, 0.05) is 31.7 Å². The van der Waals surface area contributed by atoms with Crippen molar-refractivity contribution in [3.8, 4) is 0 Å². The highest BCUT2D eigenvalue weighted by molar-refractivity contribution is 5.74. The SMILES string of the molecule is C[C@H](CNC(=O)N[C@H]1CCC[C@H](C(F)(F)F)C1)N1CCc2ccccc2C1. The summed E-state index contributed by atoms with van der Waals surface area (Å²) in [7, 11) is 0. The van der Waals surface area contributed by atoms with Crippen LogP contribution in [0.15, 0.2) is 24.3 Å². The normalized spacial score (nSPS) is 24.7. The average Bonchev–Trinajstić information content (AvgIpc) is 2.65. The molecule has 1 aromatic rings. The Balaban J connectivity index is 1.43. The van der Waals surface area contributed by atoms with Crippen LogP contribution in [0.5, 0.6) is 0 Å². The minimum Gasteiger partial charge on any atom is -0.337 e. The van der Waals surface area contributed by atoms with Crippen molar-refractivity contribution in [2.24, 2.45) is 5.92 Å². The summed E-state index contributed by atoms with van der Waals surface area (Å²) in [5.74, 6) is -1.30. The van der Waals surface area contributed by atoms with Crippen LogP contribution in [0.2, 0.25) is 0 Å². The van der Waals surface area contributed by atoms with E-state index in [1.165, 1.54) is 11.1 Å². The van der Waals surface area contributed by atoms with Gasteiger partial charge in [-0.1, -0.05) is 30.7 Å². The molecule has 7 heteroatoms. The summed E-state index contributed by atoms with van der Waals surface area (Å²) < 4.78 is 38.7. The van der Waals surface area contributed by atoms with Crippen LogP contribution < -0.4 is 10.6 Å². The van der Waals surface area contributed by atoms with E-state index in [9.17, 15) is 18.0 Å². The molecule has 4 nitrogen and oxygen atoms in total. The highest BCUT2D eigenvalue weighted by Gasteiger charge is 2.42. The zero-order chi connectivity index (χ0) is 19.4. The second-order valence-electron chi connectivity index (χ2n) is 7.79. The number of nitrogens with zero attached hydrogens (tertiary/aromatic N) is 1. The van der Waals surface area contributed by atoms with E-state index in [-0.39, 0.29) is 24.9 Å². The van der Waals surface area contributed by atoms with Crippen molar-refractivity contribution in [2.75, 3.05) is 13.1 Å². The van der Waals surface area contributed by atoms with Gasteiger partial charge in [0.15, 0.2) is 0 Å². The molecule has 0 unspecified atom stereocenters. The number of hydrogen-bond acceptors (Lipinski definition) is 2. The Kier molecular flexibility index (Phi) is 6.29. The van der Waals surface area contributed by atoms with E-state index < -0.39 is 18.1 Å². The third-order valence-electron chi connectivity index (χ3n) is 5.81. The van der Waals surface area contributed by atoms with Crippen LogP contribution in [-0.2, 0) is 13.0 Å². The number of alkyl halides is 3. The number of carbonyl (C=O) groups excluding carboxylic acids is 1. The lowest BCUT2D eigenvalue weighted by atomic mass is 9.85. The van der Waals surface area contributed by atoms with Gasteiger partial charge in [0.1, 0.15) is 0 Å². The fourth-order valence-electron chi connectivity index (χ4n) is 4.12. The zero-order valence-electron chi connectivity index (χ0n) is 15.7. The molecule has 1 saturated carbocycles. The topological polar surface area (TPSA) is 44.4 Å². The zero-order valence-corrected chi connectivity index (χ0v) is 15.7. The molecule has 27 heavy (non-hydrogen) atoms. The second kappa shape index (κ2) is 8.50. The third kappa shape index (κ3) is 5.37. The Morgan fingerprint density at radius 2 is 2.00 bits per heavy atom. The predicted octanol–water partition coefficient (Wildman–Crippen LogP) is 3.85. The van der Waals surface area contributed by atoms with Crippen LogP contribution in [0.4, 0.5) is 18.0 Å². The fourth-order valence-corrected chi connectivity index (χ4v) is 4.12. The van der Waals surface area contributed by atoms with Gasteiger partial charge in [-0.3, -0.25) is 4.90 Å². The van der Waals surface area contributed by atoms with Crippen molar-refractivity contribution in [3.63, 3.8) is 0 Å². The lowest BCUT2D eigenvalue weighted by Gasteiger charge is -2.34. The summed E-state index contributed by atoms with van der Waals surface area (Å²) in [5, 5.41) is 5.56. The largest absolute Gasteiger partial charge is 0.391 e. The smallest absolute Gasteiger partial charge is 0.337 e. The molecule has 2 N–H and O–H groups in total. The number of halogens is 3. The first-order valence-electron chi connectivity index (χ1n) is 9.75. The molecule has 0 bridgehead atoms. The summed E-state index contributed by atoms with van der Waals surface area (Å²) in [5.41, 5.74) is 2.70. The Morgan fingerprint density at radius 1 is 1.26 bits per heavy atom. The molecule has 150 valence electrons. The standard InChI is InChI=1S/C20H28F3N3O/c1-14(26-10-9-15-5-2-3-6-16(15)13-26)12-24-19(27)25-18-8-4-7-17(11-18)20(21,22)23/h2-3,5-6,14,17-18H,4,7-13H2,1H3,(H2,24,25,27)/t14-,17+,18+/m1/s1. The number of nitrogens with one attached hydrogen (secondary N) is 2. The first kappa shape index (κ1) is 20.0. The molecule has 0 aromatic heterocycles. The van der Waals surface area contributed by atoms with Gasteiger partial charge < -0.3 is 10.6 Å². The fraction of sp³-hybridized carbons (Fsp3) is 0.650. The third-order valence-corrected chi connectivity index (χ3v) is 5.81. The van der Waals surface area contributed by atoms with Crippen LogP contribution in [0.1, 0.15) is 43.7 Å². The van der Waals surface area contributed by atoms with Gasteiger partial charge in [-0.15, -0.1) is 0 Å². The summed E-state index contributed by atoms with van der Waals surface area (Å²) in [4.78, 5) is 14.5. The van der Waals surface area contributed by atoms with E-state index in [4.69, 9.17) is 0 Å². The molecule has 0 spiro atoms. The Labute approximate surface area is 158 Å². The Morgan fingerprint density at radius 3 is 2.74 bits per heavy atom. The minimum absolute atomic E-state index is 0.0185. The van der Waals surface area contributed by atoms with Crippen molar-refractivity contribution in [2.45, 2.75) is 63.8 Å². The van der Waals surface area contributed by atoms with Crippen LogP contribution in [-0.4, -0.2) is 42.3 Å². The van der Waals surface area contributed by atoms with Gasteiger partial charge in [-0.05, 0) is 43.7 Å². The van der Waals surface area contributed by atoms with E-state index >= 15 is 0 Å². The van der Waals surface area contributed by atoms with Gasteiger partial charge >= 0.3 is 12.2 Å². The van der Waals surface area contributed by atoms with E-state index in [1.54, 1.807) is 0 Å². The number of fused-ring (bicyclic) bond motifs is 1. The summed E-state index contributed by atoms with van der Waals surface area (Å²) in [6.07, 6.45) is -1.92. The number of carbonyl (C=O) groups is 1. The molecule has 3 atom stereocenters. The van der Waals surface area contributed by atoms with Crippen LogP contribution >= 0.6 is 0 Å². The van der Waals surface area contributed by atoms with E-state index in [0.717, 1.165) is 19.5 Å². The number of rotatable bonds is 4. The van der Waals surface area contributed by atoms with Crippen molar-refractivity contribution >= 4 is 6.03 Å². The van der Waals surface area contributed by atoms with Gasteiger partial charge in [0.2, 0.25) is 0 Å². The maximum atomic E-state index is 12.9. The van der Waals surface area contributed by atoms with Crippen molar-refractivity contribution in [1.29, 1.82) is 0 Å². The molecule has 2 amide bonds. The first-order chi connectivity index (χ1) is 12.8. The van der Waals surface area contributed by atoms with Gasteiger partial charge in [-0.25, -0.2) is 4.79 Å². The molecular formula is C20H28F3N3O. The molecule has 1 aromatic carbocycles. The molecule has 1 aliphatic heterocycles. The van der Waals surface area contributed by atoms with Crippen LogP contribution in [0, 0.1) is 5.92 Å². The molecule has 1 aliphatic carbocycles. The van der Waals surface area contributed by atoms with Gasteiger partial charge in [0.25, 0.3) is 0 Å². The highest BCUT2D eigenvalue weighted by Crippen LogP contribution is 2.37. The van der Waals surface area contributed by atoms with Gasteiger partial charge in [-0.2, -0.15) is 13.2 Å². The Bertz CT molecular complexity index is 650. The van der Waals surface area contributed by atoms with E-state index in [2.05, 4.69) is 40.7 Å². The lowest BCUT2D eigenvalue weighted by Crippen LogP contribution is -2.49.